The number of thioether (sulfide) groups is 1. The van der Waals surface area contributed by atoms with Gasteiger partial charge in [-0.25, -0.2) is 0 Å². The number of ketones is 1. The van der Waals surface area contributed by atoms with E-state index in [-0.39, 0.29) is 5.78 Å². The van der Waals surface area contributed by atoms with Crippen molar-refractivity contribution in [2.75, 3.05) is 5.75 Å². The lowest BCUT2D eigenvalue weighted by molar-refractivity contribution is 0.0982. The maximum absolute atomic E-state index is 12.0. The van der Waals surface area contributed by atoms with Gasteiger partial charge < -0.3 is 0 Å². The Morgan fingerprint density at radius 2 is 1.70 bits per heavy atom. The lowest BCUT2D eigenvalue weighted by Crippen LogP contribution is -1.99. The van der Waals surface area contributed by atoms with E-state index in [0.717, 1.165) is 28.0 Å². The molecule has 0 heterocycles. The van der Waals surface area contributed by atoms with Crippen molar-refractivity contribution in [3.05, 3.63) is 70.2 Å². The fourth-order valence-electron chi connectivity index (χ4n) is 1.88. The van der Waals surface area contributed by atoms with Crippen LogP contribution in [0.25, 0.3) is 0 Å². The molecule has 0 saturated carbocycles. The minimum atomic E-state index is 0.234. The van der Waals surface area contributed by atoms with Crippen molar-refractivity contribution in [1.82, 2.24) is 0 Å². The van der Waals surface area contributed by atoms with Gasteiger partial charge in [0.2, 0.25) is 0 Å². The zero-order chi connectivity index (χ0) is 14.2. The molecule has 0 aromatic heterocycles. The molecule has 0 amide bonds. The summed E-state index contributed by atoms with van der Waals surface area (Å²) in [5, 5.41) is 0. The van der Waals surface area contributed by atoms with Gasteiger partial charge in [0.25, 0.3) is 0 Å². The zero-order valence-electron chi connectivity index (χ0n) is 11.2. The van der Waals surface area contributed by atoms with Crippen LogP contribution in [0.3, 0.4) is 0 Å². The molecule has 20 heavy (non-hydrogen) atoms. The molecular formula is C17H17BrOS. The van der Waals surface area contributed by atoms with E-state index < -0.39 is 0 Å². The lowest BCUT2D eigenvalue weighted by atomic mass is 10.1. The summed E-state index contributed by atoms with van der Waals surface area (Å²) in [7, 11) is 0. The maximum Gasteiger partial charge on any atom is 0.162 e. The number of hydrogen-bond donors (Lipinski definition) is 0. The first-order chi connectivity index (χ1) is 9.75. The molecule has 104 valence electrons. The van der Waals surface area contributed by atoms with Gasteiger partial charge in [-0.05, 0) is 29.9 Å². The van der Waals surface area contributed by atoms with E-state index in [9.17, 15) is 4.79 Å². The number of rotatable bonds is 7. The Balaban J connectivity index is 1.66. The Morgan fingerprint density at radius 3 is 2.40 bits per heavy atom. The molecule has 0 saturated heterocycles. The summed E-state index contributed by atoms with van der Waals surface area (Å²) in [6.07, 6.45) is 1.57. The van der Waals surface area contributed by atoms with Crippen molar-refractivity contribution in [1.29, 1.82) is 0 Å². The quantitative estimate of drug-likeness (QED) is 0.495. The molecule has 3 heteroatoms. The molecule has 0 aliphatic heterocycles. The fourth-order valence-corrected chi connectivity index (χ4v) is 3.06. The standard InChI is InChI=1S/C17H17BrOS/c18-16-10-8-15(9-11-16)17(19)7-4-12-20-13-14-5-2-1-3-6-14/h1-3,5-6,8-11H,4,7,12-13H2. The summed E-state index contributed by atoms with van der Waals surface area (Å²) >= 11 is 5.26. The smallest absolute Gasteiger partial charge is 0.162 e. The Kier molecular flexibility index (Phi) is 6.34. The third kappa shape index (κ3) is 5.14. The van der Waals surface area contributed by atoms with E-state index in [1.165, 1.54) is 5.56 Å². The molecule has 0 aliphatic carbocycles. The zero-order valence-corrected chi connectivity index (χ0v) is 13.6. The summed E-state index contributed by atoms with van der Waals surface area (Å²) in [5.74, 6) is 2.28. The van der Waals surface area contributed by atoms with Gasteiger partial charge in [-0.15, -0.1) is 0 Å². The Bertz CT molecular complexity index is 537. The summed E-state index contributed by atoms with van der Waals surface area (Å²) < 4.78 is 1.01. The first kappa shape index (κ1) is 15.3. The van der Waals surface area contributed by atoms with Crippen molar-refractivity contribution in [3.8, 4) is 0 Å². The van der Waals surface area contributed by atoms with Gasteiger partial charge in [0, 0.05) is 22.2 Å². The van der Waals surface area contributed by atoms with Crippen LogP contribution in [0.1, 0.15) is 28.8 Å². The van der Waals surface area contributed by atoms with Crippen molar-refractivity contribution in [2.45, 2.75) is 18.6 Å². The lowest BCUT2D eigenvalue weighted by Gasteiger charge is -2.03. The normalized spacial score (nSPS) is 10.4. The molecule has 0 unspecified atom stereocenters. The third-order valence-corrected chi connectivity index (χ3v) is 4.61. The molecule has 0 bridgehead atoms. The predicted molar refractivity (Wildman–Crippen MR) is 90.3 cm³/mol. The van der Waals surface area contributed by atoms with E-state index in [4.69, 9.17) is 0 Å². The minimum absolute atomic E-state index is 0.234. The van der Waals surface area contributed by atoms with E-state index in [0.29, 0.717) is 6.42 Å². The van der Waals surface area contributed by atoms with Gasteiger partial charge in [-0.2, -0.15) is 11.8 Å². The largest absolute Gasteiger partial charge is 0.294 e. The van der Waals surface area contributed by atoms with E-state index in [1.807, 2.05) is 42.1 Å². The Hall–Kier alpha value is -1.06. The minimum Gasteiger partial charge on any atom is -0.294 e. The van der Waals surface area contributed by atoms with E-state index >= 15 is 0 Å². The van der Waals surface area contributed by atoms with Gasteiger partial charge >= 0.3 is 0 Å². The average Bonchev–Trinajstić information content (AvgIpc) is 2.48. The molecule has 0 atom stereocenters. The van der Waals surface area contributed by atoms with Gasteiger partial charge in [0.05, 0.1) is 0 Å². The van der Waals surface area contributed by atoms with Crippen LogP contribution in [0.2, 0.25) is 0 Å². The second kappa shape index (κ2) is 8.28. The van der Waals surface area contributed by atoms with E-state index in [2.05, 4.69) is 40.2 Å². The number of hydrogen-bond acceptors (Lipinski definition) is 2. The van der Waals surface area contributed by atoms with Crippen LogP contribution in [-0.2, 0) is 5.75 Å². The Morgan fingerprint density at radius 1 is 1.00 bits per heavy atom. The molecule has 2 aromatic rings. The first-order valence-corrected chi connectivity index (χ1v) is 8.61. The number of carbonyl (C=O) groups is 1. The fraction of sp³-hybridized carbons (Fsp3) is 0.235. The van der Waals surface area contributed by atoms with Crippen LogP contribution in [-0.4, -0.2) is 11.5 Å². The second-order valence-electron chi connectivity index (χ2n) is 4.57. The molecule has 2 aromatic carbocycles. The van der Waals surface area contributed by atoms with Crippen LogP contribution >= 0.6 is 27.7 Å². The summed E-state index contributed by atoms with van der Waals surface area (Å²) in [6, 6.07) is 18.0. The molecule has 0 spiro atoms. The summed E-state index contributed by atoms with van der Waals surface area (Å²) in [4.78, 5) is 12.0. The predicted octanol–water partition coefficient (Wildman–Crippen LogP) is 5.35. The highest BCUT2D eigenvalue weighted by molar-refractivity contribution is 9.10. The number of Topliss-reactive ketones (excluding diaryl/α,β-unsaturated/α-hetero) is 1. The van der Waals surface area contributed by atoms with Crippen LogP contribution in [0, 0.1) is 0 Å². The van der Waals surface area contributed by atoms with Crippen molar-refractivity contribution < 1.29 is 4.79 Å². The molecule has 0 radical (unpaired) electrons. The monoisotopic (exact) mass is 348 g/mol. The highest BCUT2D eigenvalue weighted by Gasteiger charge is 2.05. The van der Waals surface area contributed by atoms with Crippen molar-refractivity contribution in [3.63, 3.8) is 0 Å². The Labute approximate surface area is 132 Å². The number of halogens is 1. The average molecular weight is 349 g/mol. The van der Waals surface area contributed by atoms with Gasteiger partial charge in [-0.3, -0.25) is 4.79 Å². The SMILES string of the molecule is O=C(CCCSCc1ccccc1)c1ccc(Br)cc1. The van der Waals surface area contributed by atoms with Gasteiger partial charge in [0.15, 0.2) is 5.78 Å². The van der Waals surface area contributed by atoms with E-state index in [1.54, 1.807) is 0 Å². The molecular weight excluding hydrogens is 332 g/mol. The highest BCUT2D eigenvalue weighted by atomic mass is 79.9. The molecule has 0 N–H and O–H groups in total. The van der Waals surface area contributed by atoms with Gasteiger partial charge in [-0.1, -0.05) is 58.4 Å². The van der Waals surface area contributed by atoms with Gasteiger partial charge in [0.1, 0.15) is 0 Å². The second-order valence-corrected chi connectivity index (χ2v) is 6.59. The maximum atomic E-state index is 12.0. The van der Waals surface area contributed by atoms with Crippen molar-refractivity contribution in [2.24, 2.45) is 0 Å². The van der Waals surface area contributed by atoms with Crippen LogP contribution in [0.5, 0.6) is 0 Å². The third-order valence-electron chi connectivity index (χ3n) is 2.97. The topological polar surface area (TPSA) is 17.1 Å². The van der Waals surface area contributed by atoms with Crippen LogP contribution in [0.15, 0.2) is 59.1 Å². The number of carbonyl (C=O) groups excluding carboxylic acids is 1. The first-order valence-electron chi connectivity index (χ1n) is 6.66. The van der Waals surface area contributed by atoms with Crippen LogP contribution in [0.4, 0.5) is 0 Å². The molecule has 0 fully saturated rings. The molecule has 2 rings (SSSR count). The summed E-state index contributed by atoms with van der Waals surface area (Å²) in [6.45, 7) is 0. The summed E-state index contributed by atoms with van der Waals surface area (Å²) in [5.41, 5.74) is 2.15. The molecule has 1 nitrogen and oxygen atoms in total. The number of benzene rings is 2. The van der Waals surface area contributed by atoms with Crippen LogP contribution < -0.4 is 0 Å². The van der Waals surface area contributed by atoms with Crippen molar-refractivity contribution >= 4 is 33.5 Å². The molecule has 0 aliphatic rings. The highest BCUT2D eigenvalue weighted by Crippen LogP contribution is 2.16.